The molecule has 0 spiro atoms. The molecule has 0 bridgehead atoms. The van der Waals surface area contributed by atoms with Crippen LogP contribution in [0.15, 0.2) is 72.0 Å². The highest BCUT2D eigenvalue weighted by Crippen LogP contribution is 2.27. The average molecular weight is 345 g/mol. The number of para-hydroxylation sites is 1. The highest BCUT2D eigenvalue weighted by molar-refractivity contribution is 5.97. The molecule has 3 aromatic rings. The molecule has 0 aliphatic carbocycles. The molecule has 1 N–H and O–H groups in total. The molecule has 1 aliphatic rings. The van der Waals surface area contributed by atoms with Gasteiger partial charge >= 0.3 is 0 Å². The maximum absolute atomic E-state index is 4.48. The molecule has 26 heavy (non-hydrogen) atoms. The van der Waals surface area contributed by atoms with Gasteiger partial charge in [0, 0.05) is 38.2 Å². The van der Waals surface area contributed by atoms with Crippen LogP contribution in [0.25, 0.3) is 0 Å². The molecule has 5 heteroatoms. The van der Waals surface area contributed by atoms with Gasteiger partial charge in [-0.25, -0.2) is 0 Å². The molecule has 0 unspecified atom stereocenters. The van der Waals surface area contributed by atoms with Gasteiger partial charge in [0.05, 0.1) is 6.54 Å². The standard InChI is InChI=1S/C21H23N5/c1-22-21(26-13-10-19-8-2-3-9-20(19)26)23-15-17-6-4-7-18(14-17)16-25-12-5-11-24-25/h2-9,11-12,14H,10,13,15-16H2,1H3,(H,22,23). The van der Waals surface area contributed by atoms with Crippen molar-refractivity contribution in [3.05, 3.63) is 83.7 Å². The van der Waals surface area contributed by atoms with Crippen molar-refractivity contribution in [2.45, 2.75) is 19.5 Å². The Morgan fingerprint density at radius 1 is 1.12 bits per heavy atom. The number of aliphatic imine (C=N–C) groups is 1. The summed E-state index contributed by atoms with van der Waals surface area (Å²) >= 11 is 0. The van der Waals surface area contributed by atoms with Crippen LogP contribution in [0.4, 0.5) is 5.69 Å². The zero-order valence-corrected chi connectivity index (χ0v) is 15.0. The largest absolute Gasteiger partial charge is 0.352 e. The van der Waals surface area contributed by atoms with Gasteiger partial charge in [-0.1, -0.05) is 42.5 Å². The Bertz CT molecular complexity index is 898. The maximum Gasteiger partial charge on any atom is 0.198 e. The minimum absolute atomic E-state index is 0.748. The number of guanidine groups is 1. The Labute approximate surface area is 154 Å². The molecule has 1 aromatic heterocycles. The van der Waals surface area contributed by atoms with Gasteiger partial charge in [0.25, 0.3) is 0 Å². The van der Waals surface area contributed by atoms with E-state index in [1.165, 1.54) is 22.4 Å². The lowest BCUT2D eigenvalue weighted by molar-refractivity contribution is 0.685. The number of nitrogens with zero attached hydrogens (tertiary/aromatic N) is 4. The number of fused-ring (bicyclic) bond motifs is 1. The summed E-state index contributed by atoms with van der Waals surface area (Å²) in [6.45, 7) is 2.51. The Hall–Kier alpha value is -3.08. The second-order valence-electron chi connectivity index (χ2n) is 6.45. The summed E-state index contributed by atoms with van der Waals surface area (Å²) in [6.07, 6.45) is 4.86. The smallest absolute Gasteiger partial charge is 0.198 e. The van der Waals surface area contributed by atoms with E-state index in [9.17, 15) is 0 Å². The monoisotopic (exact) mass is 345 g/mol. The van der Waals surface area contributed by atoms with Crippen molar-refractivity contribution in [2.75, 3.05) is 18.5 Å². The van der Waals surface area contributed by atoms with Gasteiger partial charge in [-0.15, -0.1) is 0 Å². The lowest BCUT2D eigenvalue weighted by Crippen LogP contribution is -2.40. The first-order valence-corrected chi connectivity index (χ1v) is 8.95. The Kier molecular flexibility index (Phi) is 4.69. The summed E-state index contributed by atoms with van der Waals surface area (Å²) in [5.41, 5.74) is 5.13. The van der Waals surface area contributed by atoms with E-state index in [1.54, 1.807) is 0 Å². The minimum atomic E-state index is 0.748. The number of hydrogen-bond acceptors (Lipinski definition) is 2. The molecule has 2 heterocycles. The van der Waals surface area contributed by atoms with Gasteiger partial charge in [-0.3, -0.25) is 9.67 Å². The summed E-state index contributed by atoms with van der Waals surface area (Å²) in [4.78, 5) is 6.75. The summed E-state index contributed by atoms with van der Waals surface area (Å²) in [5.74, 6) is 0.924. The predicted octanol–water partition coefficient (Wildman–Crippen LogP) is 3.07. The molecule has 0 atom stereocenters. The van der Waals surface area contributed by atoms with Crippen molar-refractivity contribution < 1.29 is 0 Å². The molecule has 0 radical (unpaired) electrons. The van der Waals surface area contributed by atoms with Crippen LogP contribution in [0.5, 0.6) is 0 Å². The Balaban J connectivity index is 1.43. The molecule has 0 saturated carbocycles. The number of benzene rings is 2. The van der Waals surface area contributed by atoms with E-state index in [-0.39, 0.29) is 0 Å². The molecule has 0 amide bonds. The van der Waals surface area contributed by atoms with Crippen LogP contribution in [0, 0.1) is 0 Å². The zero-order valence-electron chi connectivity index (χ0n) is 15.0. The van der Waals surface area contributed by atoms with Crippen molar-refractivity contribution in [3.63, 3.8) is 0 Å². The van der Waals surface area contributed by atoms with E-state index < -0.39 is 0 Å². The molecule has 0 fully saturated rings. The molecule has 1 aliphatic heterocycles. The van der Waals surface area contributed by atoms with Gasteiger partial charge in [0.15, 0.2) is 5.96 Å². The normalized spacial score (nSPS) is 13.7. The number of nitrogens with one attached hydrogen (secondary N) is 1. The van der Waals surface area contributed by atoms with Gasteiger partial charge in [-0.2, -0.15) is 5.10 Å². The molecule has 5 nitrogen and oxygen atoms in total. The van der Waals surface area contributed by atoms with Gasteiger partial charge in [0.2, 0.25) is 0 Å². The first-order valence-electron chi connectivity index (χ1n) is 8.95. The van der Waals surface area contributed by atoms with Crippen LogP contribution >= 0.6 is 0 Å². The molecular weight excluding hydrogens is 322 g/mol. The Morgan fingerprint density at radius 2 is 2.00 bits per heavy atom. The van der Waals surface area contributed by atoms with E-state index in [0.717, 1.165) is 32.0 Å². The molecule has 2 aromatic carbocycles. The number of hydrogen-bond donors (Lipinski definition) is 1. The van der Waals surface area contributed by atoms with Crippen molar-refractivity contribution >= 4 is 11.6 Å². The highest BCUT2D eigenvalue weighted by atomic mass is 15.3. The van der Waals surface area contributed by atoms with Gasteiger partial charge < -0.3 is 10.2 Å². The van der Waals surface area contributed by atoms with E-state index in [0.29, 0.717) is 0 Å². The lowest BCUT2D eigenvalue weighted by Gasteiger charge is -2.22. The number of rotatable bonds is 4. The zero-order chi connectivity index (χ0) is 17.8. The fraction of sp³-hybridized carbons (Fsp3) is 0.238. The van der Waals surface area contributed by atoms with E-state index in [1.807, 2.05) is 30.2 Å². The van der Waals surface area contributed by atoms with Crippen LogP contribution in [0.2, 0.25) is 0 Å². The van der Waals surface area contributed by atoms with Crippen LogP contribution in [0.3, 0.4) is 0 Å². The third-order valence-corrected chi connectivity index (χ3v) is 4.70. The van der Waals surface area contributed by atoms with Crippen molar-refractivity contribution in [2.24, 2.45) is 4.99 Å². The predicted molar refractivity (Wildman–Crippen MR) is 105 cm³/mol. The summed E-state index contributed by atoms with van der Waals surface area (Å²) in [7, 11) is 1.84. The lowest BCUT2D eigenvalue weighted by atomic mass is 10.1. The van der Waals surface area contributed by atoms with E-state index >= 15 is 0 Å². The number of anilines is 1. The highest BCUT2D eigenvalue weighted by Gasteiger charge is 2.22. The van der Waals surface area contributed by atoms with Crippen LogP contribution in [-0.4, -0.2) is 29.3 Å². The van der Waals surface area contributed by atoms with Gasteiger partial charge in [0.1, 0.15) is 0 Å². The minimum Gasteiger partial charge on any atom is -0.352 e. The first kappa shape index (κ1) is 16.4. The van der Waals surface area contributed by atoms with Crippen molar-refractivity contribution in [3.8, 4) is 0 Å². The van der Waals surface area contributed by atoms with Gasteiger partial charge in [-0.05, 0) is 35.2 Å². The topological polar surface area (TPSA) is 45.5 Å². The molecule has 0 saturated heterocycles. The van der Waals surface area contributed by atoms with Crippen LogP contribution in [0.1, 0.15) is 16.7 Å². The summed E-state index contributed by atoms with van der Waals surface area (Å²) in [5, 5.41) is 7.79. The second kappa shape index (κ2) is 7.44. The number of aromatic nitrogens is 2. The van der Waals surface area contributed by atoms with Crippen molar-refractivity contribution in [1.82, 2.24) is 15.1 Å². The molecule has 132 valence electrons. The molecule has 4 rings (SSSR count). The molecular formula is C21H23N5. The first-order chi connectivity index (χ1) is 12.8. The van der Waals surface area contributed by atoms with Crippen LogP contribution in [-0.2, 0) is 19.5 Å². The average Bonchev–Trinajstić information content (AvgIpc) is 3.33. The third-order valence-electron chi connectivity index (χ3n) is 4.70. The van der Waals surface area contributed by atoms with Crippen LogP contribution < -0.4 is 10.2 Å². The fourth-order valence-corrected chi connectivity index (χ4v) is 3.45. The Morgan fingerprint density at radius 3 is 2.85 bits per heavy atom. The maximum atomic E-state index is 4.48. The SMILES string of the molecule is CN=C(NCc1cccc(Cn2cccn2)c1)N1CCc2ccccc21. The van der Waals surface area contributed by atoms with E-state index in [4.69, 9.17) is 0 Å². The second-order valence-corrected chi connectivity index (χ2v) is 6.45. The summed E-state index contributed by atoms with van der Waals surface area (Å²) < 4.78 is 1.94. The fourth-order valence-electron chi connectivity index (χ4n) is 3.45. The van der Waals surface area contributed by atoms with Crippen molar-refractivity contribution in [1.29, 1.82) is 0 Å². The quantitative estimate of drug-likeness (QED) is 0.584. The van der Waals surface area contributed by atoms with E-state index in [2.05, 4.69) is 68.8 Å². The summed E-state index contributed by atoms with van der Waals surface area (Å²) in [6, 6.07) is 19.1. The third kappa shape index (κ3) is 3.47.